The van der Waals surface area contributed by atoms with Crippen molar-refractivity contribution in [2.45, 2.75) is 52.4 Å². The smallest absolute Gasteiger partial charge is 0.241 e. The van der Waals surface area contributed by atoms with E-state index in [1.165, 1.54) is 0 Å². The molecule has 7 heteroatoms. The molecule has 0 radical (unpaired) electrons. The number of rotatable bonds is 6. The summed E-state index contributed by atoms with van der Waals surface area (Å²) in [4.78, 5) is 30.2. The average Bonchev–Trinajstić information content (AvgIpc) is 2.97. The molecule has 0 bridgehead atoms. The van der Waals surface area contributed by atoms with E-state index in [9.17, 15) is 9.59 Å². The van der Waals surface area contributed by atoms with Gasteiger partial charge >= 0.3 is 0 Å². The summed E-state index contributed by atoms with van der Waals surface area (Å²) in [6.45, 7) is 7.47. The molecule has 128 valence electrons. The highest BCUT2D eigenvalue weighted by Gasteiger charge is 2.27. The monoisotopic (exact) mass is 321 g/mol. The van der Waals surface area contributed by atoms with Crippen LogP contribution in [-0.4, -0.2) is 51.5 Å². The highest BCUT2D eigenvalue weighted by atomic mass is 16.2. The van der Waals surface area contributed by atoms with E-state index in [2.05, 4.69) is 34.3 Å². The van der Waals surface area contributed by atoms with Crippen LogP contribution >= 0.6 is 0 Å². The van der Waals surface area contributed by atoms with Gasteiger partial charge in [0.25, 0.3) is 0 Å². The largest absolute Gasteiger partial charge is 0.347 e. The summed E-state index contributed by atoms with van der Waals surface area (Å²) >= 11 is 0. The molecule has 1 aliphatic heterocycles. The quantitative estimate of drug-likeness (QED) is 0.828. The fourth-order valence-electron chi connectivity index (χ4n) is 2.75. The van der Waals surface area contributed by atoms with Crippen LogP contribution in [0.5, 0.6) is 0 Å². The van der Waals surface area contributed by atoms with Crippen LogP contribution in [0, 0.1) is 12.8 Å². The Labute approximate surface area is 137 Å². The number of carbonyl (C=O) groups excluding carboxylic acids is 2. The van der Waals surface area contributed by atoms with Crippen LogP contribution in [0.25, 0.3) is 0 Å². The van der Waals surface area contributed by atoms with Crippen LogP contribution in [0.4, 0.5) is 0 Å². The van der Waals surface area contributed by atoms with E-state index < -0.39 is 0 Å². The molecular weight excluding hydrogens is 294 g/mol. The number of piperidine rings is 1. The van der Waals surface area contributed by atoms with Gasteiger partial charge in [0.15, 0.2) is 5.82 Å². The van der Waals surface area contributed by atoms with Gasteiger partial charge in [-0.2, -0.15) is 5.10 Å². The van der Waals surface area contributed by atoms with Gasteiger partial charge in [0.2, 0.25) is 11.8 Å². The molecule has 2 N–H and O–H groups in total. The minimum absolute atomic E-state index is 0.0279. The van der Waals surface area contributed by atoms with E-state index in [0.717, 1.165) is 37.5 Å². The molecule has 0 unspecified atom stereocenters. The summed E-state index contributed by atoms with van der Waals surface area (Å²) in [5, 5.41) is 9.78. The molecule has 2 heterocycles. The average molecular weight is 321 g/mol. The van der Waals surface area contributed by atoms with Gasteiger partial charge in [-0.15, -0.1) is 0 Å². The number of nitrogens with zero attached hydrogens (tertiary/aromatic N) is 3. The number of aromatic amines is 1. The maximum atomic E-state index is 12.3. The van der Waals surface area contributed by atoms with E-state index in [-0.39, 0.29) is 24.3 Å². The first-order chi connectivity index (χ1) is 11.0. The standard InChI is InChI=1S/C16H27N5O2/c1-11(2)6-7-14(22)17-9-15(23)21-8-4-5-13(10-21)16-18-12(3)19-20-16/h11,13H,4-10H2,1-3H3,(H,17,22)(H,18,19,20)/t13-/m0/s1. The Morgan fingerprint density at radius 3 is 2.87 bits per heavy atom. The van der Waals surface area contributed by atoms with Gasteiger partial charge in [-0.25, -0.2) is 4.98 Å². The van der Waals surface area contributed by atoms with Crippen molar-refractivity contribution in [3.63, 3.8) is 0 Å². The topological polar surface area (TPSA) is 91.0 Å². The molecule has 1 saturated heterocycles. The lowest BCUT2D eigenvalue weighted by atomic mass is 9.97. The van der Waals surface area contributed by atoms with Crippen molar-refractivity contribution in [2.75, 3.05) is 19.6 Å². The lowest BCUT2D eigenvalue weighted by Crippen LogP contribution is -2.44. The highest BCUT2D eigenvalue weighted by Crippen LogP contribution is 2.24. The van der Waals surface area contributed by atoms with Gasteiger partial charge in [-0.1, -0.05) is 13.8 Å². The van der Waals surface area contributed by atoms with E-state index in [1.807, 2.05) is 11.8 Å². The second kappa shape index (κ2) is 8.08. The molecule has 1 atom stereocenters. The normalized spacial score (nSPS) is 18.3. The van der Waals surface area contributed by atoms with Gasteiger partial charge in [0, 0.05) is 25.4 Å². The molecule has 2 rings (SSSR count). The van der Waals surface area contributed by atoms with Crippen molar-refractivity contribution in [2.24, 2.45) is 5.92 Å². The van der Waals surface area contributed by atoms with Crippen molar-refractivity contribution in [3.8, 4) is 0 Å². The number of H-pyrrole nitrogens is 1. The van der Waals surface area contributed by atoms with Crippen LogP contribution < -0.4 is 5.32 Å². The van der Waals surface area contributed by atoms with Gasteiger partial charge in [0.05, 0.1) is 6.54 Å². The Kier molecular flexibility index (Phi) is 6.12. The highest BCUT2D eigenvalue weighted by molar-refractivity contribution is 5.84. The summed E-state index contributed by atoms with van der Waals surface area (Å²) in [6.07, 6.45) is 3.24. The lowest BCUT2D eigenvalue weighted by Gasteiger charge is -2.31. The summed E-state index contributed by atoms with van der Waals surface area (Å²) < 4.78 is 0. The summed E-state index contributed by atoms with van der Waals surface area (Å²) in [6, 6.07) is 0. The second-order valence-corrected chi connectivity index (χ2v) is 6.67. The van der Waals surface area contributed by atoms with Crippen molar-refractivity contribution < 1.29 is 9.59 Å². The summed E-state index contributed by atoms with van der Waals surface area (Å²) in [7, 11) is 0. The first-order valence-corrected chi connectivity index (χ1v) is 8.39. The number of amides is 2. The summed E-state index contributed by atoms with van der Waals surface area (Å²) in [5.74, 6) is 2.16. The molecule has 1 aromatic heterocycles. The SMILES string of the molecule is Cc1nc([C@H]2CCCN(C(=O)CNC(=O)CCC(C)C)C2)n[nH]1. The van der Waals surface area contributed by atoms with E-state index in [0.29, 0.717) is 18.9 Å². The third-order valence-electron chi connectivity index (χ3n) is 4.14. The Morgan fingerprint density at radius 1 is 1.43 bits per heavy atom. The zero-order chi connectivity index (χ0) is 16.8. The number of aryl methyl sites for hydroxylation is 1. The molecule has 23 heavy (non-hydrogen) atoms. The molecule has 1 fully saturated rings. The van der Waals surface area contributed by atoms with Crippen LogP contribution in [0.1, 0.15) is 57.1 Å². The number of carbonyl (C=O) groups is 2. The lowest BCUT2D eigenvalue weighted by molar-refractivity contribution is -0.134. The fraction of sp³-hybridized carbons (Fsp3) is 0.750. The van der Waals surface area contributed by atoms with E-state index >= 15 is 0 Å². The number of hydrogen-bond donors (Lipinski definition) is 2. The van der Waals surface area contributed by atoms with Crippen molar-refractivity contribution >= 4 is 11.8 Å². The molecule has 0 saturated carbocycles. The molecule has 1 aliphatic rings. The Bertz CT molecular complexity index is 540. The van der Waals surface area contributed by atoms with E-state index in [1.54, 1.807) is 0 Å². The first kappa shape index (κ1) is 17.4. The molecule has 0 spiro atoms. The molecule has 2 amide bonds. The third kappa shape index (κ3) is 5.33. The van der Waals surface area contributed by atoms with Crippen molar-refractivity contribution in [1.29, 1.82) is 0 Å². The number of nitrogens with one attached hydrogen (secondary N) is 2. The number of likely N-dealkylation sites (tertiary alicyclic amines) is 1. The predicted molar refractivity (Wildman–Crippen MR) is 86.8 cm³/mol. The summed E-state index contributed by atoms with van der Waals surface area (Å²) in [5.41, 5.74) is 0. The van der Waals surface area contributed by atoms with Crippen LogP contribution in [-0.2, 0) is 9.59 Å². The number of hydrogen-bond acceptors (Lipinski definition) is 4. The second-order valence-electron chi connectivity index (χ2n) is 6.67. The minimum atomic E-state index is -0.0507. The van der Waals surface area contributed by atoms with E-state index in [4.69, 9.17) is 0 Å². The van der Waals surface area contributed by atoms with Crippen LogP contribution in [0.3, 0.4) is 0 Å². The van der Waals surface area contributed by atoms with Crippen LogP contribution in [0.2, 0.25) is 0 Å². The maximum Gasteiger partial charge on any atom is 0.241 e. The maximum absolute atomic E-state index is 12.3. The molecular formula is C16H27N5O2. The Hall–Kier alpha value is -1.92. The first-order valence-electron chi connectivity index (χ1n) is 8.39. The van der Waals surface area contributed by atoms with Crippen molar-refractivity contribution in [3.05, 3.63) is 11.6 Å². The molecule has 0 aliphatic carbocycles. The zero-order valence-electron chi connectivity index (χ0n) is 14.3. The molecule has 1 aromatic rings. The van der Waals surface area contributed by atoms with Crippen molar-refractivity contribution in [1.82, 2.24) is 25.4 Å². The third-order valence-corrected chi connectivity index (χ3v) is 4.14. The minimum Gasteiger partial charge on any atom is -0.347 e. The number of aromatic nitrogens is 3. The zero-order valence-corrected chi connectivity index (χ0v) is 14.3. The Balaban J connectivity index is 1.79. The molecule has 7 nitrogen and oxygen atoms in total. The van der Waals surface area contributed by atoms with Gasteiger partial charge in [-0.3, -0.25) is 14.7 Å². The Morgan fingerprint density at radius 2 is 2.22 bits per heavy atom. The van der Waals surface area contributed by atoms with Crippen LogP contribution in [0.15, 0.2) is 0 Å². The predicted octanol–water partition coefficient (Wildman–Crippen LogP) is 1.37. The molecule has 0 aromatic carbocycles. The fourth-order valence-corrected chi connectivity index (χ4v) is 2.75. The van der Waals surface area contributed by atoms with Gasteiger partial charge in [0.1, 0.15) is 5.82 Å². The van der Waals surface area contributed by atoms with Gasteiger partial charge in [-0.05, 0) is 32.1 Å². The van der Waals surface area contributed by atoms with Gasteiger partial charge < -0.3 is 10.2 Å².